The average Bonchev–Trinajstić information content (AvgIpc) is 2.71. The Morgan fingerprint density at radius 3 is 2.86 bits per heavy atom. The monoisotopic (exact) mass is 193 g/mol. The van der Waals surface area contributed by atoms with Gasteiger partial charge in [-0.25, -0.2) is 4.98 Å². The van der Waals surface area contributed by atoms with Crippen LogP contribution in [0.3, 0.4) is 0 Å². The fraction of sp³-hybridized carbons (Fsp3) is 0.727. The van der Waals surface area contributed by atoms with Crippen LogP contribution in [0.25, 0.3) is 0 Å². The molecule has 0 aromatic carbocycles. The van der Waals surface area contributed by atoms with Crippen LogP contribution in [0.5, 0.6) is 0 Å². The molecule has 0 amide bonds. The second kappa shape index (κ2) is 3.73. The number of nitrogens with one attached hydrogen (secondary N) is 1. The standard InChI is InChI=1S/C11H19N3/c1-8(2)10-7-13-11(14(10)3)9-4-5-12-6-9/h7-9,12H,4-6H2,1-3H3. The summed E-state index contributed by atoms with van der Waals surface area (Å²) < 4.78 is 2.27. The van der Waals surface area contributed by atoms with Crippen molar-refractivity contribution in [3.05, 3.63) is 17.7 Å². The van der Waals surface area contributed by atoms with E-state index < -0.39 is 0 Å². The quantitative estimate of drug-likeness (QED) is 0.773. The van der Waals surface area contributed by atoms with Gasteiger partial charge in [0.15, 0.2) is 0 Å². The molecule has 78 valence electrons. The molecule has 2 rings (SSSR count). The van der Waals surface area contributed by atoms with E-state index in [2.05, 4.69) is 35.8 Å². The summed E-state index contributed by atoms with van der Waals surface area (Å²) in [6, 6.07) is 0. The van der Waals surface area contributed by atoms with Gasteiger partial charge in [0, 0.05) is 31.4 Å². The van der Waals surface area contributed by atoms with Crippen LogP contribution in [-0.2, 0) is 7.05 Å². The maximum atomic E-state index is 4.54. The summed E-state index contributed by atoms with van der Waals surface area (Å²) in [6.07, 6.45) is 3.25. The van der Waals surface area contributed by atoms with Gasteiger partial charge in [-0.1, -0.05) is 13.8 Å². The first-order chi connectivity index (χ1) is 6.70. The van der Waals surface area contributed by atoms with Crippen LogP contribution in [-0.4, -0.2) is 22.6 Å². The molecule has 1 saturated heterocycles. The van der Waals surface area contributed by atoms with E-state index in [-0.39, 0.29) is 0 Å². The zero-order chi connectivity index (χ0) is 10.1. The first-order valence-electron chi connectivity index (χ1n) is 5.42. The highest BCUT2D eigenvalue weighted by Gasteiger charge is 2.22. The molecule has 0 radical (unpaired) electrons. The van der Waals surface area contributed by atoms with Crippen molar-refractivity contribution in [3.8, 4) is 0 Å². The zero-order valence-electron chi connectivity index (χ0n) is 9.25. The summed E-state index contributed by atoms with van der Waals surface area (Å²) in [7, 11) is 2.13. The minimum absolute atomic E-state index is 0.565. The molecule has 2 heterocycles. The van der Waals surface area contributed by atoms with Crippen molar-refractivity contribution in [2.24, 2.45) is 7.05 Å². The zero-order valence-corrected chi connectivity index (χ0v) is 9.25. The normalized spacial score (nSPS) is 22.1. The van der Waals surface area contributed by atoms with Gasteiger partial charge in [-0.2, -0.15) is 0 Å². The average molecular weight is 193 g/mol. The molecule has 0 saturated carbocycles. The van der Waals surface area contributed by atoms with Crippen molar-refractivity contribution in [2.75, 3.05) is 13.1 Å². The Bertz CT molecular complexity index is 308. The molecule has 1 atom stereocenters. The third kappa shape index (κ3) is 1.57. The summed E-state index contributed by atoms with van der Waals surface area (Å²) in [4.78, 5) is 4.54. The molecule has 0 bridgehead atoms. The van der Waals surface area contributed by atoms with Gasteiger partial charge < -0.3 is 9.88 Å². The molecule has 1 fully saturated rings. The summed E-state index contributed by atoms with van der Waals surface area (Å²) >= 11 is 0. The molecular formula is C11H19N3. The maximum Gasteiger partial charge on any atom is 0.113 e. The molecule has 1 unspecified atom stereocenters. The third-order valence-corrected chi connectivity index (χ3v) is 3.08. The maximum absolute atomic E-state index is 4.54. The predicted molar refractivity (Wildman–Crippen MR) is 57.5 cm³/mol. The van der Waals surface area contributed by atoms with Crippen LogP contribution in [0.2, 0.25) is 0 Å². The van der Waals surface area contributed by atoms with Crippen molar-refractivity contribution in [2.45, 2.75) is 32.1 Å². The van der Waals surface area contributed by atoms with Gasteiger partial charge in [0.05, 0.1) is 0 Å². The van der Waals surface area contributed by atoms with E-state index in [4.69, 9.17) is 0 Å². The minimum Gasteiger partial charge on any atom is -0.335 e. The van der Waals surface area contributed by atoms with Crippen LogP contribution in [0.4, 0.5) is 0 Å². The van der Waals surface area contributed by atoms with Crippen molar-refractivity contribution in [3.63, 3.8) is 0 Å². The molecule has 14 heavy (non-hydrogen) atoms. The molecular weight excluding hydrogens is 174 g/mol. The van der Waals surface area contributed by atoms with Crippen molar-refractivity contribution >= 4 is 0 Å². The molecule has 1 aliphatic heterocycles. The van der Waals surface area contributed by atoms with Gasteiger partial charge in [0.1, 0.15) is 5.82 Å². The predicted octanol–water partition coefficient (Wildman–Crippen LogP) is 1.62. The van der Waals surface area contributed by atoms with Gasteiger partial charge >= 0.3 is 0 Å². The molecule has 1 aromatic heterocycles. The minimum atomic E-state index is 0.565. The third-order valence-electron chi connectivity index (χ3n) is 3.08. The Morgan fingerprint density at radius 1 is 1.57 bits per heavy atom. The van der Waals surface area contributed by atoms with E-state index in [0.29, 0.717) is 11.8 Å². The van der Waals surface area contributed by atoms with Gasteiger partial charge in [-0.05, 0) is 18.9 Å². The SMILES string of the molecule is CC(C)c1cnc(C2CCNC2)n1C. The van der Waals surface area contributed by atoms with Crippen molar-refractivity contribution in [1.82, 2.24) is 14.9 Å². The smallest absolute Gasteiger partial charge is 0.113 e. The van der Waals surface area contributed by atoms with E-state index >= 15 is 0 Å². The van der Waals surface area contributed by atoms with Crippen molar-refractivity contribution < 1.29 is 0 Å². The number of hydrogen-bond acceptors (Lipinski definition) is 2. The molecule has 3 heteroatoms. The van der Waals surface area contributed by atoms with Gasteiger partial charge in [-0.3, -0.25) is 0 Å². The second-order valence-electron chi connectivity index (χ2n) is 4.44. The van der Waals surface area contributed by atoms with Crippen LogP contribution >= 0.6 is 0 Å². The lowest BCUT2D eigenvalue weighted by atomic mass is 10.1. The molecule has 0 aliphatic carbocycles. The number of hydrogen-bond donors (Lipinski definition) is 1. The topological polar surface area (TPSA) is 29.9 Å². The van der Waals surface area contributed by atoms with E-state index in [1.54, 1.807) is 0 Å². The number of nitrogens with zero attached hydrogens (tertiary/aromatic N) is 2. The van der Waals surface area contributed by atoms with E-state index in [0.717, 1.165) is 13.1 Å². The first-order valence-corrected chi connectivity index (χ1v) is 5.42. The number of rotatable bonds is 2. The highest BCUT2D eigenvalue weighted by molar-refractivity contribution is 5.13. The summed E-state index contributed by atoms with van der Waals surface area (Å²) in [5, 5.41) is 3.38. The van der Waals surface area contributed by atoms with E-state index in [1.165, 1.54) is 17.9 Å². The van der Waals surface area contributed by atoms with Crippen LogP contribution in [0, 0.1) is 0 Å². The fourth-order valence-corrected chi connectivity index (χ4v) is 2.23. The molecule has 1 aliphatic rings. The molecule has 1 N–H and O–H groups in total. The summed E-state index contributed by atoms with van der Waals surface area (Å²) in [5.41, 5.74) is 1.34. The Morgan fingerprint density at radius 2 is 2.36 bits per heavy atom. The lowest BCUT2D eigenvalue weighted by Gasteiger charge is -2.11. The highest BCUT2D eigenvalue weighted by atomic mass is 15.1. The van der Waals surface area contributed by atoms with E-state index in [9.17, 15) is 0 Å². The Kier molecular flexibility index (Phi) is 2.59. The van der Waals surface area contributed by atoms with Gasteiger partial charge in [-0.15, -0.1) is 0 Å². The fourth-order valence-electron chi connectivity index (χ4n) is 2.23. The molecule has 1 aromatic rings. The largest absolute Gasteiger partial charge is 0.335 e. The Balaban J connectivity index is 2.26. The van der Waals surface area contributed by atoms with E-state index in [1.807, 2.05) is 6.20 Å². The van der Waals surface area contributed by atoms with Gasteiger partial charge in [0.2, 0.25) is 0 Å². The lowest BCUT2D eigenvalue weighted by molar-refractivity contribution is 0.633. The summed E-state index contributed by atoms with van der Waals surface area (Å²) in [6.45, 7) is 6.65. The van der Waals surface area contributed by atoms with Crippen LogP contribution < -0.4 is 5.32 Å². The Labute approximate surface area is 85.5 Å². The second-order valence-corrected chi connectivity index (χ2v) is 4.44. The first kappa shape index (κ1) is 9.71. The van der Waals surface area contributed by atoms with Crippen molar-refractivity contribution in [1.29, 1.82) is 0 Å². The van der Waals surface area contributed by atoms with Crippen LogP contribution in [0.15, 0.2) is 6.20 Å². The highest BCUT2D eigenvalue weighted by Crippen LogP contribution is 2.24. The van der Waals surface area contributed by atoms with Crippen LogP contribution in [0.1, 0.15) is 43.6 Å². The molecule has 0 spiro atoms. The molecule has 3 nitrogen and oxygen atoms in total. The number of imidazole rings is 1. The van der Waals surface area contributed by atoms with Gasteiger partial charge in [0.25, 0.3) is 0 Å². The Hall–Kier alpha value is -0.830. The lowest BCUT2D eigenvalue weighted by Crippen LogP contribution is -2.12. The summed E-state index contributed by atoms with van der Waals surface area (Å²) in [5.74, 6) is 2.43. The number of aromatic nitrogens is 2.